The Labute approximate surface area is 77.7 Å². The fourth-order valence-corrected chi connectivity index (χ4v) is 1.26. The fourth-order valence-electron chi connectivity index (χ4n) is 0.772. The van der Waals surface area contributed by atoms with Crippen LogP contribution in [0.1, 0.15) is 10.4 Å². The summed E-state index contributed by atoms with van der Waals surface area (Å²) in [5.41, 5.74) is 0.0480. The molecular weight excluding hydrogens is 194 g/mol. The lowest BCUT2D eigenvalue weighted by molar-refractivity contribution is -0.284. The van der Waals surface area contributed by atoms with E-state index in [9.17, 15) is 14.9 Å². The van der Waals surface area contributed by atoms with Crippen LogP contribution in [0.3, 0.4) is 0 Å². The summed E-state index contributed by atoms with van der Waals surface area (Å²) >= 11 is 0.389. The molecule has 0 fully saturated rings. The Morgan fingerprint density at radius 2 is 2.23 bits per heavy atom. The van der Waals surface area contributed by atoms with Gasteiger partial charge in [-0.3, -0.25) is 10.1 Å². The van der Waals surface area contributed by atoms with E-state index < -0.39 is 10.3 Å². The molecule has 1 aromatic carbocycles. The molecule has 0 radical (unpaired) electrons. The quantitative estimate of drug-likeness (QED) is 0.455. The van der Waals surface area contributed by atoms with E-state index in [0.717, 1.165) is 0 Å². The van der Waals surface area contributed by atoms with Crippen molar-refractivity contribution in [3.05, 3.63) is 39.9 Å². The fraction of sp³-hybridized carbons (Fsp3) is 0. The third-order valence-electron chi connectivity index (χ3n) is 1.26. The first kappa shape index (κ1) is 9.53. The maximum Gasteiger partial charge on any atom is 0.335 e. The van der Waals surface area contributed by atoms with Crippen LogP contribution < -0.4 is 0 Å². The van der Waals surface area contributed by atoms with E-state index >= 15 is 0 Å². The summed E-state index contributed by atoms with van der Waals surface area (Å²) in [5, 5.41) is 18.6. The van der Waals surface area contributed by atoms with Crippen molar-refractivity contribution in [1.29, 1.82) is 0 Å². The maximum atomic E-state index is 10.5. The number of benzene rings is 1. The van der Waals surface area contributed by atoms with Gasteiger partial charge in [0.2, 0.25) is 0 Å². The van der Waals surface area contributed by atoms with Crippen LogP contribution in [0.2, 0.25) is 0 Å². The summed E-state index contributed by atoms with van der Waals surface area (Å²) < 4.78 is -0.582. The number of carbonyl (C=O) groups is 1. The molecule has 0 aromatic heterocycles. The summed E-state index contributed by atoms with van der Waals surface area (Å²) in [6.07, 6.45) is 0. The van der Waals surface area contributed by atoms with Crippen molar-refractivity contribution in [2.75, 3.05) is 0 Å². The first-order chi connectivity index (χ1) is 6.09. The van der Waals surface area contributed by atoms with Gasteiger partial charge in [0.15, 0.2) is 0 Å². The van der Waals surface area contributed by atoms with Crippen LogP contribution in [0.25, 0.3) is 0 Å². The first-order valence-corrected chi connectivity index (χ1v) is 4.02. The van der Waals surface area contributed by atoms with E-state index in [-0.39, 0.29) is 5.56 Å². The standard InChI is InChI=1S/C7H5NO4S/c9-7(10)5-2-1-3-6(4-5)13-8(11)12/h1-4H,(H,9,10). The predicted octanol–water partition coefficient (Wildman–Crippen LogP) is 1.67. The number of rotatable bonds is 3. The van der Waals surface area contributed by atoms with Crippen molar-refractivity contribution in [1.82, 2.24) is 0 Å². The van der Waals surface area contributed by atoms with E-state index in [2.05, 4.69) is 0 Å². The molecule has 0 aliphatic carbocycles. The van der Waals surface area contributed by atoms with Gasteiger partial charge in [-0.05, 0) is 18.2 Å². The molecule has 1 rings (SSSR count). The van der Waals surface area contributed by atoms with Crippen molar-refractivity contribution < 1.29 is 14.2 Å². The molecule has 0 saturated heterocycles. The SMILES string of the molecule is O=C(O)c1cccc(S[N+](=O)[O-])c1. The summed E-state index contributed by atoms with van der Waals surface area (Å²) in [5.74, 6) is -1.09. The van der Waals surface area contributed by atoms with E-state index in [1.807, 2.05) is 0 Å². The van der Waals surface area contributed by atoms with Crippen molar-refractivity contribution >= 4 is 17.9 Å². The van der Waals surface area contributed by atoms with Crippen molar-refractivity contribution in [3.63, 3.8) is 0 Å². The summed E-state index contributed by atoms with van der Waals surface area (Å²) in [6, 6.07) is 5.59. The topological polar surface area (TPSA) is 80.4 Å². The van der Waals surface area contributed by atoms with Gasteiger partial charge in [-0.2, -0.15) is 0 Å². The van der Waals surface area contributed by atoms with Crippen molar-refractivity contribution in [3.8, 4) is 0 Å². The average molecular weight is 199 g/mol. The molecule has 5 nitrogen and oxygen atoms in total. The highest BCUT2D eigenvalue weighted by atomic mass is 32.2. The highest BCUT2D eigenvalue weighted by Crippen LogP contribution is 2.18. The number of carboxylic acid groups (broad SMARTS) is 1. The largest absolute Gasteiger partial charge is 0.478 e. The van der Waals surface area contributed by atoms with Gasteiger partial charge in [0.1, 0.15) is 4.33 Å². The van der Waals surface area contributed by atoms with E-state index in [1.165, 1.54) is 24.3 Å². The van der Waals surface area contributed by atoms with Crippen LogP contribution in [0, 0.1) is 10.1 Å². The highest BCUT2D eigenvalue weighted by Gasteiger charge is 2.08. The summed E-state index contributed by atoms with van der Waals surface area (Å²) in [4.78, 5) is 20.8. The van der Waals surface area contributed by atoms with Crippen LogP contribution in [0.5, 0.6) is 0 Å². The number of carboxylic acids is 1. The minimum absolute atomic E-state index is 0.0480. The number of aromatic carboxylic acids is 1. The smallest absolute Gasteiger partial charge is 0.335 e. The Morgan fingerprint density at radius 3 is 2.77 bits per heavy atom. The molecular formula is C7H5NO4S. The molecule has 0 bridgehead atoms. The van der Waals surface area contributed by atoms with Crippen LogP contribution >= 0.6 is 11.9 Å². The molecule has 0 spiro atoms. The predicted molar refractivity (Wildman–Crippen MR) is 46.3 cm³/mol. The van der Waals surface area contributed by atoms with Gasteiger partial charge in [0.25, 0.3) is 11.9 Å². The molecule has 1 aromatic rings. The van der Waals surface area contributed by atoms with Gasteiger partial charge in [-0.15, -0.1) is 0 Å². The summed E-state index contributed by atoms with van der Waals surface area (Å²) in [6.45, 7) is 0. The summed E-state index contributed by atoms with van der Waals surface area (Å²) in [7, 11) is 0. The molecule has 0 aliphatic heterocycles. The molecule has 0 unspecified atom stereocenters. The Morgan fingerprint density at radius 1 is 1.54 bits per heavy atom. The Bertz CT molecular complexity index is 352. The molecule has 68 valence electrons. The number of hydrogen-bond donors (Lipinski definition) is 1. The lowest BCUT2D eigenvalue weighted by Crippen LogP contribution is -1.95. The monoisotopic (exact) mass is 199 g/mol. The minimum atomic E-state index is -1.09. The second-order valence-electron chi connectivity index (χ2n) is 2.15. The zero-order valence-electron chi connectivity index (χ0n) is 6.34. The van der Waals surface area contributed by atoms with Crippen molar-refractivity contribution in [2.24, 2.45) is 0 Å². The average Bonchev–Trinajstić information content (AvgIpc) is 2.03. The normalized spacial score (nSPS) is 9.54. The van der Waals surface area contributed by atoms with Crippen LogP contribution in [-0.2, 0) is 0 Å². The minimum Gasteiger partial charge on any atom is -0.478 e. The Kier molecular flexibility index (Phi) is 2.86. The second-order valence-corrected chi connectivity index (χ2v) is 3.10. The molecule has 1 N–H and O–H groups in total. The van der Waals surface area contributed by atoms with E-state index in [4.69, 9.17) is 5.11 Å². The number of nitro groups is 1. The van der Waals surface area contributed by atoms with Gasteiger partial charge in [-0.1, -0.05) is 6.07 Å². The van der Waals surface area contributed by atoms with Gasteiger partial charge in [-0.25, -0.2) is 4.79 Å². The van der Waals surface area contributed by atoms with Crippen molar-refractivity contribution in [2.45, 2.75) is 4.90 Å². The highest BCUT2D eigenvalue weighted by molar-refractivity contribution is 7.93. The third kappa shape index (κ3) is 2.75. The lowest BCUT2D eigenvalue weighted by Gasteiger charge is -1.94. The van der Waals surface area contributed by atoms with E-state index in [0.29, 0.717) is 16.8 Å². The van der Waals surface area contributed by atoms with Gasteiger partial charge >= 0.3 is 5.97 Å². The van der Waals surface area contributed by atoms with E-state index in [1.54, 1.807) is 0 Å². The van der Waals surface area contributed by atoms with Gasteiger partial charge in [0.05, 0.1) is 10.5 Å². The third-order valence-corrected chi connectivity index (χ3v) is 1.87. The van der Waals surface area contributed by atoms with Crippen LogP contribution in [0.4, 0.5) is 0 Å². The molecule has 6 heteroatoms. The lowest BCUT2D eigenvalue weighted by atomic mass is 10.2. The molecule has 13 heavy (non-hydrogen) atoms. The second kappa shape index (κ2) is 3.90. The number of nitrogens with zero attached hydrogens (tertiary/aromatic N) is 1. The van der Waals surface area contributed by atoms with Gasteiger partial charge in [0, 0.05) is 0 Å². The molecule has 0 amide bonds. The van der Waals surface area contributed by atoms with Crippen LogP contribution in [-0.4, -0.2) is 15.4 Å². The molecule has 0 aliphatic rings. The first-order valence-electron chi connectivity index (χ1n) is 3.25. The maximum absolute atomic E-state index is 10.5. The zero-order chi connectivity index (χ0) is 9.84. The number of hydrogen-bond acceptors (Lipinski definition) is 4. The Hall–Kier alpha value is -1.56. The molecule has 0 saturated carbocycles. The Balaban J connectivity index is 2.91. The van der Waals surface area contributed by atoms with Gasteiger partial charge < -0.3 is 5.11 Å². The molecule has 0 heterocycles. The molecule has 0 atom stereocenters. The zero-order valence-corrected chi connectivity index (χ0v) is 7.15. The van der Waals surface area contributed by atoms with Crippen LogP contribution in [0.15, 0.2) is 29.2 Å².